The summed E-state index contributed by atoms with van der Waals surface area (Å²) in [6.45, 7) is 0. The van der Waals surface area contributed by atoms with Gasteiger partial charge in [0.05, 0.1) is 10.6 Å². The summed E-state index contributed by atoms with van der Waals surface area (Å²) in [7, 11) is 0. The van der Waals surface area contributed by atoms with Crippen molar-refractivity contribution in [3.63, 3.8) is 0 Å². The Bertz CT molecular complexity index is 662. The number of nitrogens with two attached hydrogens (primary N) is 2. The lowest BCUT2D eigenvalue weighted by molar-refractivity contribution is -0.384. The lowest BCUT2D eigenvalue weighted by Crippen LogP contribution is -2.26. The van der Waals surface area contributed by atoms with Gasteiger partial charge in [-0.15, -0.1) is 0 Å². The number of nitrogens with one attached hydrogen (secondary N) is 1. The maximum absolute atomic E-state index is 10.5. The van der Waals surface area contributed by atoms with E-state index in [-0.39, 0.29) is 23.2 Å². The summed E-state index contributed by atoms with van der Waals surface area (Å²) in [5.41, 5.74) is 11.2. The molecule has 0 radical (unpaired) electrons. The van der Waals surface area contributed by atoms with E-state index in [0.29, 0.717) is 5.69 Å². The number of aromatic nitrogens is 3. The second kappa shape index (κ2) is 4.13. The molecule has 1 aromatic carbocycles. The Labute approximate surface area is 100 Å². The first kappa shape index (κ1) is 11.5. The van der Waals surface area contributed by atoms with Crippen molar-refractivity contribution in [1.82, 2.24) is 14.5 Å². The first-order valence-corrected chi connectivity index (χ1v) is 4.80. The fraction of sp³-hybridized carbons (Fsp3) is 0. The van der Waals surface area contributed by atoms with Crippen LogP contribution in [0.1, 0.15) is 0 Å². The van der Waals surface area contributed by atoms with Crippen molar-refractivity contribution in [1.29, 1.82) is 5.41 Å². The second-order valence-corrected chi connectivity index (χ2v) is 3.37. The van der Waals surface area contributed by atoms with Crippen molar-refractivity contribution >= 4 is 17.6 Å². The molecule has 18 heavy (non-hydrogen) atoms. The molecule has 5 N–H and O–H groups in total. The number of hydrogen-bond acceptors (Lipinski definition) is 7. The van der Waals surface area contributed by atoms with Gasteiger partial charge >= 0.3 is 0 Å². The van der Waals surface area contributed by atoms with Gasteiger partial charge in [0, 0.05) is 12.1 Å². The molecule has 0 atom stereocenters. The Hall–Kier alpha value is -2.97. The van der Waals surface area contributed by atoms with E-state index in [1.54, 1.807) is 0 Å². The van der Waals surface area contributed by atoms with Crippen LogP contribution in [0, 0.1) is 15.5 Å². The maximum Gasteiger partial charge on any atom is 0.269 e. The number of non-ortho nitro benzene ring substituents is 1. The Balaban J connectivity index is 2.56. The van der Waals surface area contributed by atoms with Crippen LogP contribution in [0.3, 0.4) is 0 Å². The zero-order valence-electron chi connectivity index (χ0n) is 9.07. The molecular formula is C9H9N7O2. The molecule has 0 fully saturated rings. The van der Waals surface area contributed by atoms with Gasteiger partial charge in [0.1, 0.15) is 0 Å². The fourth-order valence-corrected chi connectivity index (χ4v) is 1.44. The Morgan fingerprint density at radius 1 is 1.22 bits per heavy atom. The molecular weight excluding hydrogens is 238 g/mol. The first-order chi connectivity index (χ1) is 8.49. The lowest BCUT2D eigenvalue weighted by atomic mass is 10.3. The minimum absolute atomic E-state index is 0.0126. The highest BCUT2D eigenvalue weighted by molar-refractivity contribution is 5.44. The van der Waals surface area contributed by atoms with E-state index < -0.39 is 4.92 Å². The Morgan fingerprint density at radius 2 is 1.83 bits per heavy atom. The molecule has 0 aliphatic carbocycles. The molecule has 0 bridgehead atoms. The zero-order chi connectivity index (χ0) is 13.3. The van der Waals surface area contributed by atoms with Crippen molar-refractivity contribution in [3.8, 4) is 5.69 Å². The van der Waals surface area contributed by atoms with Crippen LogP contribution in [-0.4, -0.2) is 19.5 Å². The van der Waals surface area contributed by atoms with Gasteiger partial charge < -0.3 is 11.5 Å². The highest BCUT2D eigenvalue weighted by Crippen LogP contribution is 2.15. The molecule has 9 nitrogen and oxygen atoms in total. The van der Waals surface area contributed by atoms with Crippen molar-refractivity contribution < 1.29 is 4.92 Å². The molecule has 0 saturated heterocycles. The van der Waals surface area contributed by atoms with E-state index in [2.05, 4.69) is 9.97 Å². The average molecular weight is 247 g/mol. The first-order valence-electron chi connectivity index (χ1n) is 4.80. The molecule has 9 heteroatoms. The highest BCUT2D eigenvalue weighted by atomic mass is 16.6. The van der Waals surface area contributed by atoms with Crippen molar-refractivity contribution in [2.45, 2.75) is 0 Å². The Morgan fingerprint density at radius 3 is 2.33 bits per heavy atom. The number of anilines is 2. The monoisotopic (exact) mass is 247 g/mol. The average Bonchev–Trinajstić information content (AvgIpc) is 2.28. The van der Waals surface area contributed by atoms with Crippen LogP contribution in [0.5, 0.6) is 0 Å². The van der Waals surface area contributed by atoms with E-state index in [0.717, 1.165) is 0 Å². The third-order valence-corrected chi connectivity index (χ3v) is 2.21. The number of rotatable bonds is 2. The van der Waals surface area contributed by atoms with Gasteiger partial charge in [0.25, 0.3) is 5.69 Å². The summed E-state index contributed by atoms with van der Waals surface area (Å²) in [6, 6.07) is 5.51. The number of nitro groups is 1. The number of nitro benzene ring substituents is 1. The molecule has 0 unspecified atom stereocenters. The highest BCUT2D eigenvalue weighted by Gasteiger charge is 2.08. The lowest BCUT2D eigenvalue weighted by Gasteiger charge is -2.08. The summed E-state index contributed by atoms with van der Waals surface area (Å²) in [5, 5.41) is 18.2. The molecule has 92 valence electrons. The van der Waals surface area contributed by atoms with E-state index in [1.165, 1.54) is 28.8 Å². The molecule has 0 aliphatic heterocycles. The Kier molecular flexibility index (Phi) is 2.64. The largest absolute Gasteiger partial charge is 0.369 e. The molecule has 0 saturated carbocycles. The molecule has 0 spiro atoms. The van der Waals surface area contributed by atoms with Gasteiger partial charge in [0.2, 0.25) is 17.5 Å². The van der Waals surface area contributed by atoms with Crippen LogP contribution >= 0.6 is 0 Å². The SMILES string of the molecule is N=c1nc(N)nc(N)n1-c1ccc([N+](=O)[O-])cc1. The molecule has 0 aliphatic rings. The molecule has 0 amide bonds. The fourth-order valence-electron chi connectivity index (χ4n) is 1.44. The van der Waals surface area contributed by atoms with Gasteiger partial charge in [-0.25, -0.2) is 4.57 Å². The number of hydrogen-bond donors (Lipinski definition) is 3. The second-order valence-electron chi connectivity index (χ2n) is 3.37. The normalized spacial score (nSPS) is 10.2. The van der Waals surface area contributed by atoms with Crippen molar-refractivity contribution in [2.24, 2.45) is 0 Å². The van der Waals surface area contributed by atoms with Gasteiger partial charge in [-0.05, 0) is 12.1 Å². The van der Waals surface area contributed by atoms with Gasteiger partial charge in [-0.1, -0.05) is 0 Å². The number of nitrogen functional groups attached to an aromatic ring is 2. The van der Waals surface area contributed by atoms with Crippen LogP contribution in [0.4, 0.5) is 17.6 Å². The van der Waals surface area contributed by atoms with E-state index in [4.69, 9.17) is 16.9 Å². The van der Waals surface area contributed by atoms with Gasteiger partial charge in [0.15, 0.2) is 0 Å². The van der Waals surface area contributed by atoms with Crippen LogP contribution < -0.4 is 17.1 Å². The van der Waals surface area contributed by atoms with Crippen molar-refractivity contribution in [2.75, 3.05) is 11.5 Å². The van der Waals surface area contributed by atoms with Crippen LogP contribution in [0.25, 0.3) is 5.69 Å². The standard InChI is InChI=1S/C9H9N7O2/c10-7-13-8(11)15(9(12)14-7)5-1-3-6(4-2-5)16(17)18/h1-4H,(H5,10,11,12,13,14). The summed E-state index contributed by atoms with van der Waals surface area (Å²) in [4.78, 5) is 17.4. The van der Waals surface area contributed by atoms with Crippen LogP contribution in [-0.2, 0) is 0 Å². The minimum Gasteiger partial charge on any atom is -0.369 e. The third-order valence-electron chi connectivity index (χ3n) is 2.21. The van der Waals surface area contributed by atoms with E-state index >= 15 is 0 Å². The zero-order valence-corrected chi connectivity index (χ0v) is 9.07. The minimum atomic E-state index is -0.515. The third kappa shape index (κ3) is 1.96. The van der Waals surface area contributed by atoms with E-state index in [1.807, 2.05) is 0 Å². The quantitative estimate of drug-likeness (QED) is 0.494. The van der Waals surface area contributed by atoms with Gasteiger partial charge in [-0.3, -0.25) is 15.5 Å². The predicted molar refractivity (Wildman–Crippen MR) is 62.7 cm³/mol. The summed E-state index contributed by atoms with van der Waals surface area (Å²) in [5.74, 6) is -0.114. The summed E-state index contributed by atoms with van der Waals surface area (Å²) < 4.78 is 1.22. The van der Waals surface area contributed by atoms with Crippen molar-refractivity contribution in [3.05, 3.63) is 40.0 Å². The maximum atomic E-state index is 10.5. The summed E-state index contributed by atoms with van der Waals surface area (Å²) in [6.07, 6.45) is 0. The smallest absolute Gasteiger partial charge is 0.269 e. The van der Waals surface area contributed by atoms with Gasteiger partial charge in [-0.2, -0.15) is 9.97 Å². The molecule has 2 aromatic rings. The number of benzene rings is 1. The molecule has 2 rings (SSSR count). The number of nitrogens with zero attached hydrogens (tertiary/aromatic N) is 4. The van der Waals surface area contributed by atoms with E-state index in [9.17, 15) is 10.1 Å². The molecule has 1 aromatic heterocycles. The predicted octanol–water partition coefficient (Wildman–Crippen LogP) is -0.181. The summed E-state index contributed by atoms with van der Waals surface area (Å²) >= 11 is 0. The van der Waals surface area contributed by atoms with Crippen LogP contribution in [0.2, 0.25) is 0 Å². The topological polar surface area (TPSA) is 150 Å². The molecule has 1 heterocycles. The van der Waals surface area contributed by atoms with Crippen LogP contribution in [0.15, 0.2) is 24.3 Å².